The normalized spacial score (nSPS) is 11.8. The number of rotatable bonds is 12. The summed E-state index contributed by atoms with van der Waals surface area (Å²) in [4.78, 5) is 0. The Bertz CT molecular complexity index is 261. The van der Waals surface area contributed by atoms with Gasteiger partial charge in [0.2, 0.25) is 0 Å². The van der Waals surface area contributed by atoms with Crippen LogP contribution in [0.5, 0.6) is 0 Å². The molecule has 0 aromatic carbocycles. The second-order valence-electron chi connectivity index (χ2n) is 6.64. The maximum atomic E-state index is 5.47. The molecule has 0 aromatic heterocycles. The fraction of sp³-hybridized carbons (Fsp3) is 0.778. The van der Waals surface area contributed by atoms with Gasteiger partial charge in [-0.25, -0.2) is 0 Å². The molecule has 0 heterocycles. The van der Waals surface area contributed by atoms with E-state index in [1.807, 2.05) is 0 Å². The molecule has 2 nitrogen and oxygen atoms in total. The van der Waals surface area contributed by atoms with Crippen LogP contribution in [0.4, 0.5) is 0 Å². The average molecular weight is 282 g/mol. The van der Waals surface area contributed by atoms with Gasteiger partial charge in [-0.3, -0.25) is 0 Å². The summed E-state index contributed by atoms with van der Waals surface area (Å²) >= 11 is 0. The van der Waals surface area contributed by atoms with Gasteiger partial charge in [0.15, 0.2) is 0 Å². The molecule has 0 spiro atoms. The minimum absolute atomic E-state index is 0.497. The SMILES string of the molecule is C=C(C=COC)OCCCCCCCCCC(C)(C)C. The summed E-state index contributed by atoms with van der Waals surface area (Å²) < 4.78 is 10.3. The van der Waals surface area contributed by atoms with Crippen LogP contribution in [0.15, 0.2) is 24.7 Å². The summed E-state index contributed by atoms with van der Waals surface area (Å²) in [6.45, 7) is 11.5. The highest BCUT2D eigenvalue weighted by Gasteiger charge is 2.08. The predicted molar refractivity (Wildman–Crippen MR) is 87.6 cm³/mol. The Morgan fingerprint density at radius 2 is 1.50 bits per heavy atom. The van der Waals surface area contributed by atoms with E-state index in [0.29, 0.717) is 11.2 Å². The van der Waals surface area contributed by atoms with Gasteiger partial charge in [0.25, 0.3) is 0 Å². The van der Waals surface area contributed by atoms with Crippen molar-refractivity contribution >= 4 is 0 Å². The summed E-state index contributed by atoms with van der Waals surface area (Å²) in [7, 11) is 1.62. The molecule has 0 atom stereocenters. The van der Waals surface area contributed by atoms with E-state index in [1.165, 1.54) is 44.9 Å². The molecule has 20 heavy (non-hydrogen) atoms. The lowest BCUT2D eigenvalue weighted by atomic mass is 9.89. The highest BCUT2D eigenvalue weighted by atomic mass is 16.5. The third-order valence-electron chi connectivity index (χ3n) is 3.25. The quantitative estimate of drug-likeness (QED) is 0.254. The number of allylic oxidation sites excluding steroid dienone is 1. The van der Waals surface area contributed by atoms with Crippen molar-refractivity contribution in [2.45, 2.75) is 72.1 Å². The van der Waals surface area contributed by atoms with E-state index in [2.05, 4.69) is 27.4 Å². The molecule has 118 valence electrons. The van der Waals surface area contributed by atoms with Crippen LogP contribution in [0, 0.1) is 5.41 Å². The maximum Gasteiger partial charge on any atom is 0.115 e. The van der Waals surface area contributed by atoms with Crippen molar-refractivity contribution in [2.24, 2.45) is 5.41 Å². The molecule has 0 saturated carbocycles. The zero-order valence-corrected chi connectivity index (χ0v) is 14.0. The lowest BCUT2D eigenvalue weighted by Crippen LogP contribution is -2.03. The highest BCUT2D eigenvalue weighted by Crippen LogP contribution is 2.22. The highest BCUT2D eigenvalue weighted by molar-refractivity contribution is 5.04. The predicted octanol–water partition coefficient (Wildman–Crippen LogP) is 5.84. The molecule has 0 aliphatic rings. The molecule has 0 radical (unpaired) electrons. The fourth-order valence-corrected chi connectivity index (χ4v) is 2.04. The van der Waals surface area contributed by atoms with Gasteiger partial charge in [0.1, 0.15) is 5.76 Å². The van der Waals surface area contributed by atoms with Crippen molar-refractivity contribution in [1.29, 1.82) is 0 Å². The first-order valence-corrected chi connectivity index (χ1v) is 7.97. The number of methoxy groups -OCH3 is 1. The molecule has 0 bridgehead atoms. The van der Waals surface area contributed by atoms with Crippen molar-refractivity contribution in [1.82, 2.24) is 0 Å². The lowest BCUT2D eigenvalue weighted by Gasteiger charge is -2.17. The van der Waals surface area contributed by atoms with E-state index in [1.54, 1.807) is 19.4 Å². The Kier molecular flexibility index (Phi) is 11.3. The Balaban J connectivity index is 3.21. The third-order valence-corrected chi connectivity index (χ3v) is 3.25. The van der Waals surface area contributed by atoms with Crippen LogP contribution in [-0.4, -0.2) is 13.7 Å². The largest absolute Gasteiger partial charge is 0.504 e. The summed E-state index contributed by atoms with van der Waals surface area (Å²) in [5.74, 6) is 0.675. The summed E-state index contributed by atoms with van der Waals surface area (Å²) in [6, 6.07) is 0. The van der Waals surface area contributed by atoms with Crippen molar-refractivity contribution in [3.05, 3.63) is 24.7 Å². The van der Waals surface area contributed by atoms with Crippen LogP contribution in [0.1, 0.15) is 72.1 Å². The van der Waals surface area contributed by atoms with Crippen molar-refractivity contribution in [2.75, 3.05) is 13.7 Å². The van der Waals surface area contributed by atoms with Gasteiger partial charge in [-0.2, -0.15) is 0 Å². The zero-order chi connectivity index (χ0) is 15.3. The van der Waals surface area contributed by atoms with Crippen molar-refractivity contribution in [3.8, 4) is 0 Å². The molecule has 0 saturated heterocycles. The molecule has 0 N–H and O–H groups in total. The van der Waals surface area contributed by atoms with E-state index < -0.39 is 0 Å². The molecule has 2 heteroatoms. The molecule has 0 aromatic rings. The van der Waals surface area contributed by atoms with Crippen LogP contribution in [-0.2, 0) is 9.47 Å². The van der Waals surface area contributed by atoms with Crippen LogP contribution >= 0.6 is 0 Å². The van der Waals surface area contributed by atoms with Crippen molar-refractivity contribution < 1.29 is 9.47 Å². The molecule has 0 fully saturated rings. The first-order chi connectivity index (χ1) is 9.45. The van der Waals surface area contributed by atoms with E-state index in [9.17, 15) is 0 Å². The Morgan fingerprint density at radius 1 is 0.950 bits per heavy atom. The van der Waals surface area contributed by atoms with E-state index in [-0.39, 0.29) is 0 Å². The zero-order valence-electron chi connectivity index (χ0n) is 14.0. The van der Waals surface area contributed by atoms with Gasteiger partial charge in [0, 0.05) is 6.08 Å². The number of hydrogen-bond acceptors (Lipinski definition) is 2. The first-order valence-electron chi connectivity index (χ1n) is 7.97. The van der Waals surface area contributed by atoms with E-state index >= 15 is 0 Å². The molecule has 0 unspecified atom stereocenters. The Hall–Kier alpha value is -0.920. The number of hydrogen-bond donors (Lipinski definition) is 0. The van der Waals surface area contributed by atoms with Gasteiger partial charge in [0.05, 0.1) is 20.0 Å². The van der Waals surface area contributed by atoms with Crippen LogP contribution in [0.25, 0.3) is 0 Å². The molecule has 0 aliphatic heterocycles. The van der Waals surface area contributed by atoms with Crippen LogP contribution < -0.4 is 0 Å². The summed E-state index contributed by atoms with van der Waals surface area (Å²) in [5.41, 5.74) is 0.497. The molecular weight excluding hydrogens is 248 g/mol. The number of ether oxygens (including phenoxy) is 2. The minimum atomic E-state index is 0.497. The van der Waals surface area contributed by atoms with Gasteiger partial charge < -0.3 is 9.47 Å². The second-order valence-corrected chi connectivity index (χ2v) is 6.64. The second kappa shape index (κ2) is 11.9. The lowest BCUT2D eigenvalue weighted by molar-refractivity contribution is 0.216. The van der Waals surface area contributed by atoms with E-state index in [0.717, 1.165) is 13.0 Å². The number of unbranched alkanes of at least 4 members (excludes halogenated alkanes) is 6. The van der Waals surface area contributed by atoms with Gasteiger partial charge >= 0.3 is 0 Å². The Labute approximate surface area is 126 Å². The van der Waals surface area contributed by atoms with Crippen molar-refractivity contribution in [3.63, 3.8) is 0 Å². The first kappa shape index (κ1) is 19.1. The Morgan fingerprint density at radius 3 is 2.05 bits per heavy atom. The summed E-state index contributed by atoms with van der Waals surface area (Å²) in [6.07, 6.45) is 13.8. The smallest absolute Gasteiger partial charge is 0.115 e. The summed E-state index contributed by atoms with van der Waals surface area (Å²) in [5, 5.41) is 0. The monoisotopic (exact) mass is 282 g/mol. The topological polar surface area (TPSA) is 18.5 Å². The van der Waals surface area contributed by atoms with Gasteiger partial charge in [-0.05, 0) is 18.3 Å². The standard InChI is InChI=1S/C18H34O2/c1-17(13-16-19-5)20-15-12-10-8-6-7-9-11-14-18(2,3)4/h13,16H,1,6-12,14-15H2,2-5H3. The van der Waals surface area contributed by atoms with Crippen LogP contribution in [0.2, 0.25) is 0 Å². The molecule has 0 amide bonds. The molecule has 0 rings (SSSR count). The third kappa shape index (κ3) is 15.1. The maximum absolute atomic E-state index is 5.47. The minimum Gasteiger partial charge on any atom is -0.504 e. The van der Waals surface area contributed by atoms with Crippen LogP contribution in [0.3, 0.4) is 0 Å². The average Bonchev–Trinajstić information content (AvgIpc) is 2.37. The molecular formula is C18H34O2. The van der Waals surface area contributed by atoms with Gasteiger partial charge in [-0.15, -0.1) is 0 Å². The van der Waals surface area contributed by atoms with E-state index in [4.69, 9.17) is 9.47 Å². The molecule has 0 aliphatic carbocycles. The fourth-order valence-electron chi connectivity index (χ4n) is 2.04. The van der Waals surface area contributed by atoms with Gasteiger partial charge in [-0.1, -0.05) is 65.9 Å².